The second-order valence-corrected chi connectivity index (χ2v) is 5.74. The lowest BCUT2D eigenvalue weighted by Crippen LogP contribution is -2.07. The highest BCUT2D eigenvalue weighted by Gasteiger charge is 2.11. The molecule has 0 aliphatic carbocycles. The molecule has 0 saturated carbocycles. The van der Waals surface area contributed by atoms with Crippen molar-refractivity contribution >= 4 is 11.3 Å². The summed E-state index contributed by atoms with van der Waals surface area (Å²) >= 11 is 1.62. The molecule has 1 unspecified atom stereocenters. The zero-order chi connectivity index (χ0) is 13.1. The van der Waals surface area contributed by atoms with Crippen molar-refractivity contribution in [3.8, 4) is 0 Å². The van der Waals surface area contributed by atoms with Crippen molar-refractivity contribution in [2.24, 2.45) is 5.73 Å². The molecular weight excluding hydrogens is 242 g/mol. The van der Waals surface area contributed by atoms with Crippen LogP contribution >= 0.6 is 11.3 Å². The van der Waals surface area contributed by atoms with Gasteiger partial charge >= 0.3 is 0 Å². The molecular formula is C14H19N3S. The SMILES string of the molecule is CCC(N)c1nnc(Cc2ccc(C)c(C)c2)s1. The van der Waals surface area contributed by atoms with Gasteiger partial charge in [0.25, 0.3) is 0 Å². The Morgan fingerprint density at radius 2 is 2.00 bits per heavy atom. The van der Waals surface area contributed by atoms with E-state index < -0.39 is 0 Å². The molecule has 4 heteroatoms. The average Bonchev–Trinajstić information content (AvgIpc) is 2.81. The Morgan fingerprint density at radius 3 is 2.67 bits per heavy atom. The number of hydrogen-bond acceptors (Lipinski definition) is 4. The summed E-state index contributed by atoms with van der Waals surface area (Å²) < 4.78 is 0. The fourth-order valence-electron chi connectivity index (χ4n) is 1.75. The van der Waals surface area contributed by atoms with Crippen LogP contribution in [0.5, 0.6) is 0 Å². The molecule has 1 aromatic carbocycles. The van der Waals surface area contributed by atoms with E-state index in [1.165, 1.54) is 16.7 Å². The van der Waals surface area contributed by atoms with E-state index >= 15 is 0 Å². The summed E-state index contributed by atoms with van der Waals surface area (Å²) in [5.41, 5.74) is 9.88. The van der Waals surface area contributed by atoms with E-state index in [-0.39, 0.29) is 6.04 Å². The molecule has 96 valence electrons. The summed E-state index contributed by atoms with van der Waals surface area (Å²) in [6.07, 6.45) is 1.74. The molecule has 0 aliphatic heterocycles. The lowest BCUT2D eigenvalue weighted by Gasteiger charge is -2.03. The molecule has 2 N–H and O–H groups in total. The highest BCUT2D eigenvalue weighted by atomic mass is 32.1. The first-order chi connectivity index (χ1) is 8.60. The van der Waals surface area contributed by atoms with E-state index in [1.54, 1.807) is 11.3 Å². The fraction of sp³-hybridized carbons (Fsp3) is 0.429. The molecule has 2 rings (SSSR count). The third-order valence-electron chi connectivity index (χ3n) is 3.17. The topological polar surface area (TPSA) is 51.8 Å². The van der Waals surface area contributed by atoms with E-state index in [1.807, 2.05) is 0 Å². The van der Waals surface area contributed by atoms with Crippen LogP contribution in [0.4, 0.5) is 0 Å². The third-order valence-corrected chi connectivity index (χ3v) is 4.22. The summed E-state index contributed by atoms with van der Waals surface area (Å²) in [6.45, 7) is 6.33. The number of nitrogens with zero attached hydrogens (tertiary/aromatic N) is 2. The maximum absolute atomic E-state index is 5.95. The first-order valence-corrected chi connectivity index (χ1v) is 7.05. The Balaban J connectivity index is 2.13. The Bertz CT molecular complexity index is 534. The van der Waals surface area contributed by atoms with Crippen LogP contribution in [0.25, 0.3) is 0 Å². The third kappa shape index (κ3) is 2.94. The van der Waals surface area contributed by atoms with Crippen molar-refractivity contribution in [3.63, 3.8) is 0 Å². The first kappa shape index (κ1) is 13.2. The molecule has 0 amide bonds. The van der Waals surface area contributed by atoms with Crippen LogP contribution in [0.1, 0.15) is 46.1 Å². The minimum Gasteiger partial charge on any atom is -0.322 e. The number of hydrogen-bond donors (Lipinski definition) is 1. The zero-order valence-electron chi connectivity index (χ0n) is 11.1. The summed E-state index contributed by atoms with van der Waals surface area (Å²) in [7, 11) is 0. The highest BCUT2D eigenvalue weighted by Crippen LogP contribution is 2.21. The minimum absolute atomic E-state index is 0.0241. The fourth-order valence-corrected chi connectivity index (χ4v) is 2.71. The number of nitrogens with two attached hydrogens (primary N) is 1. The monoisotopic (exact) mass is 261 g/mol. The molecule has 0 spiro atoms. The first-order valence-electron chi connectivity index (χ1n) is 6.24. The molecule has 0 aliphatic rings. The number of rotatable bonds is 4. The molecule has 0 radical (unpaired) electrons. The van der Waals surface area contributed by atoms with Gasteiger partial charge in [0.1, 0.15) is 10.0 Å². The number of benzene rings is 1. The van der Waals surface area contributed by atoms with Crippen LogP contribution in [0.2, 0.25) is 0 Å². The van der Waals surface area contributed by atoms with Crippen LogP contribution in [0.3, 0.4) is 0 Å². The van der Waals surface area contributed by atoms with Gasteiger partial charge < -0.3 is 5.73 Å². The van der Waals surface area contributed by atoms with Crippen LogP contribution in [-0.4, -0.2) is 10.2 Å². The van der Waals surface area contributed by atoms with Gasteiger partial charge in [-0.1, -0.05) is 36.5 Å². The van der Waals surface area contributed by atoms with Crippen molar-refractivity contribution < 1.29 is 0 Å². The lowest BCUT2D eigenvalue weighted by molar-refractivity contribution is 0.682. The molecule has 1 atom stereocenters. The summed E-state index contributed by atoms with van der Waals surface area (Å²) in [5, 5.41) is 10.4. The van der Waals surface area contributed by atoms with Gasteiger partial charge in [-0.25, -0.2) is 0 Å². The number of aromatic nitrogens is 2. The molecule has 0 fully saturated rings. The molecule has 2 aromatic rings. The maximum Gasteiger partial charge on any atom is 0.134 e. The van der Waals surface area contributed by atoms with Crippen molar-refractivity contribution in [3.05, 3.63) is 44.9 Å². The molecule has 1 aromatic heterocycles. The van der Waals surface area contributed by atoms with Gasteiger partial charge in [-0.3, -0.25) is 0 Å². The predicted molar refractivity (Wildman–Crippen MR) is 75.9 cm³/mol. The van der Waals surface area contributed by atoms with Crippen molar-refractivity contribution in [1.29, 1.82) is 0 Å². The zero-order valence-corrected chi connectivity index (χ0v) is 11.9. The Hall–Kier alpha value is -1.26. The van der Waals surface area contributed by atoms with Crippen molar-refractivity contribution in [2.75, 3.05) is 0 Å². The van der Waals surface area contributed by atoms with Gasteiger partial charge in [0.05, 0.1) is 6.04 Å². The van der Waals surface area contributed by atoms with Gasteiger partial charge in [0.15, 0.2) is 0 Å². The van der Waals surface area contributed by atoms with Crippen LogP contribution in [0.15, 0.2) is 18.2 Å². The van der Waals surface area contributed by atoms with E-state index in [0.717, 1.165) is 22.9 Å². The molecule has 18 heavy (non-hydrogen) atoms. The quantitative estimate of drug-likeness (QED) is 0.919. The molecule has 0 bridgehead atoms. The standard InChI is InChI=1S/C14H19N3S/c1-4-12(15)14-17-16-13(18-14)8-11-6-5-9(2)10(3)7-11/h5-7,12H,4,8,15H2,1-3H3. The second kappa shape index (κ2) is 5.59. The minimum atomic E-state index is 0.0241. The summed E-state index contributed by atoms with van der Waals surface area (Å²) in [5.74, 6) is 0. The van der Waals surface area contributed by atoms with Crippen molar-refractivity contribution in [1.82, 2.24) is 10.2 Å². The Morgan fingerprint density at radius 1 is 1.22 bits per heavy atom. The Kier molecular flexibility index (Phi) is 4.09. The number of aryl methyl sites for hydroxylation is 2. The highest BCUT2D eigenvalue weighted by molar-refractivity contribution is 7.11. The van der Waals surface area contributed by atoms with Crippen LogP contribution in [-0.2, 0) is 6.42 Å². The van der Waals surface area contributed by atoms with Crippen molar-refractivity contribution in [2.45, 2.75) is 39.7 Å². The van der Waals surface area contributed by atoms with E-state index in [9.17, 15) is 0 Å². The predicted octanol–water partition coefficient (Wildman–Crippen LogP) is 3.16. The van der Waals surface area contributed by atoms with Gasteiger partial charge in [-0.2, -0.15) is 0 Å². The van der Waals surface area contributed by atoms with Gasteiger partial charge in [0, 0.05) is 6.42 Å². The van der Waals surface area contributed by atoms with Gasteiger partial charge in [0.2, 0.25) is 0 Å². The van der Waals surface area contributed by atoms with Gasteiger partial charge in [-0.05, 0) is 37.0 Å². The van der Waals surface area contributed by atoms with Crippen LogP contribution < -0.4 is 5.73 Å². The summed E-state index contributed by atoms with van der Waals surface area (Å²) in [4.78, 5) is 0. The largest absolute Gasteiger partial charge is 0.322 e. The Labute approximate surface area is 112 Å². The van der Waals surface area contributed by atoms with E-state index in [4.69, 9.17) is 5.73 Å². The molecule has 0 saturated heterocycles. The van der Waals surface area contributed by atoms with E-state index in [0.29, 0.717) is 0 Å². The molecule has 3 nitrogen and oxygen atoms in total. The average molecular weight is 261 g/mol. The second-order valence-electron chi connectivity index (χ2n) is 4.64. The van der Waals surface area contributed by atoms with Gasteiger partial charge in [-0.15, -0.1) is 10.2 Å². The summed E-state index contributed by atoms with van der Waals surface area (Å²) in [6, 6.07) is 6.56. The maximum atomic E-state index is 5.95. The normalized spacial score (nSPS) is 12.7. The lowest BCUT2D eigenvalue weighted by atomic mass is 10.0. The molecule has 1 heterocycles. The van der Waals surface area contributed by atoms with Crippen LogP contribution in [0, 0.1) is 13.8 Å². The smallest absolute Gasteiger partial charge is 0.134 e. The van der Waals surface area contributed by atoms with E-state index in [2.05, 4.69) is 49.2 Å².